The van der Waals surface area contributed by atoms with E-state index in [2.05, 4.69) is 5.32 Å². The Morgan fingerprint density at radius 1 is 0.927 bits per heavy atom. The van der Waals surface area contributed by atoms with Gasteiger partial charge in [0.2, 0.25) is 11.8 Å². The molecule has 0 saturated heterocycles. The van der Waals surface area contributed by atoms with Crippen molar-refractivity contribution >= 4 is 27.5 Å². The number of methoxy groups -OCH3 is 2. The molecule has 0 saturated carbocycles. The average molecular weight is 586 g/mol. The first-order chi connectivity index (χ1) is 19.5. The van der Waals surface area contributed by atoms with E-state index in [9.17, 15) is 22.4 Å². The van der Waals surface area contributed by atoms with Gasteiger partial charge in [-0.3, -0.25) is 13.9 Å². The summed E-state index contributed by atoms with van der Waals surface area (Å²) < 4.78 is 53.1. The first kappa shape index (κ1) is 31.4. The van der Waals surface area contributed by atoms with Gasteiger partial charge in [-0.05, 0) is 62.2 Å². The van der Waals surface area contributed by atoms with Gasteiger partial charge in [0.1, 0.15) is 18.4 Å². The molecule has 0 bridgehead atoms. The minimum absolute atomic E-state index is 0.0719. The maximum absolute atomic E-state index is 14.0. The molecule has 220 valence electrons. The topological polar surface area (TPSA) is 105 Å². The highest BCUT2D eigenvalue weighted by Gasteiger charge is 2.33. The Hall–Kier alpha value is -4.12. The van der Waals surface area contributed by atoms with Crippen LogP contribution in [0, 0.1) is 5.82 Å². The Labute approximate surface area is 240 Å². The number of sulfonamides is 1. The van der Waals surface area contributed by atoms with Crippen molar-refractivity contribution in [2.45, 2.75) is 50.7 Å². The van der Waals surface area contributed by atoms with Crippen LogP contribution in [-0.4, -0.2) is 58.0 Å². The van der Waals surface area contributed by atoms with Crippen LogP contribution in [0.2, 0.25) is 0 Å². The maximum Gasteiger partial charge on any atom is 0.264 e. The first-order valence-electron chi connectivity index (χ1n) is 13.2. The molecule has 11 heteroatoms. The number of rotatable bonds is 13. The van der Waals surface area contributed by atoms with Crippen molar-refractivity contribution in [3.8, 4) is 11.5 Å². The fraction of sp³-hybridized carbons (Fsp3) is 0.333. The summed E-state index contributed by atoms with van der Waals surface area (Å²) in [5, 5.41) is 2.89. The summed E-state index contributed by atoms with van der Waals surface area (Å²) in [4.78, 5) is 28.2. The van der Waals surface area contributed by atoms with Gasteiger partial charge >= 0.3 is 0 Å². The van der Waals surface area contributed by atoms with E-state index in [4.69, 9.17) is 9.47 Å². The summed E-state index contributed by atoms with van der Waals surface area (Å²) in [5.41, 5.74) is 0.839. The van der Waals surface area contributed by atoms with Crippen molar-refractivity contribution in [3.05, 3.63) is 84.2 Å². The monoisotopic (exact) mass is 585 g/mol. The molecular formula is C30H36FN3O6S. The molecule has 0 unspecified atom stereocenters. The number of hydrogen-bond acceptors (Lipinski definition) is 6. The van der Waals surface area contributed by atoms with Crippen molar-refractivity contribution < 1.29 is 31.9 Å². The van der Waals surface area contributed by atoms with Gasteiger partial charge in [0, 0.05) is 18.7 Å². The second-order valence-corrected chi connectivity index (χ2v) is 11.4. The molecule has 0 aliphatic carbocycles. The lowest BCUT2D eigenvalue weighted by Gasteiger charge is -2.32. The summed E-state index contributed by atoms with van der Waals surface area (Å²) >= 11 is 0. The average Bonchev–Trinajstić information content (AvgIpc) is 2.98. The third-order valence-electron chi connectivity index (χ3n) is 6.70. The van der Waals surface area contributed by atoms with Gasteiger partial charge in [-0.25, -0.2) is 12.8 Å². The Bertz CT molecular complexity index is 1430. The minimum Gasteiger partial charge on any atom is -0.493 e. The normalized spacial score (nSPS) is 12.6. The number of anilines is 1. The summed E-state index contributed by atoms with van der Waals surface area (Å²) in [6, 6.07) is 16.9. The molecule has 1 N–H and O–H groups in total. The molecule has 0 aromatic heterocycles. The van der Waals surface area contributed by atoms with E-state index >= 15 is 0 Å². The third kappa shape index (κ3) is 7.75. The van der Waals surface area contributed by atoms with E-state index in [0.717, 1.165) is 22.0 Å². The van der Waals surface area contributed by atoms with Crippen molar-refractivity contribution in [3.63, 3.8) is 0 Å². The molecule has 0 spiro atoms. The first-order valence-corrected chi connectivity index (χ1v) is 14.6. The van der Waals surface area contributed by atoms with Gasteiger partial charge in [-0.2, -0.15) is 0 Å². The summed E-state index contributed by atoms with van der Waals surface area (Å²) in [7, 11) is -1.56. The lowest BCUT2D eigenvalue weighted by molar-refractivity contribution is -0.139. The summed E-state index contributed by atoms with van der Waals surface area (Å²) in [6.45, 7) is 4.82. The fourth-order valence-corrected chi connectivity index (χ4v) is 5.50. The van der Waals surface area contributed by atoms with Crippen LogP contribution in [0.1, 0.15) is 32.8 Å². The van der Waals surface area contributed by atoms with Crippen LogP contribution in [0.15, 0.2) is 77.7 Å². The molecule has 41 heavy (non-hydrogen) atoms. The van der Waals surface area contributed by atoms with E-state index in [0.29, 0.717) is 12.2 Å². The Morgan fingerprint density at radius 2 is 1.56 bits per heavy atom. The van der Waals surface area contributed by atoms with Crippen molar-refractivity contribution in [2.24, 2.45) is 0 Å². The van der Waals surface area contributed by atoms with Crippen molar-refractivity contribution in [2.75, 3.05) is 25.1 Å². The highest BCUT2D eigenvalue weighted by Crippen LogP contribution is 2.32. The molecule has 2 atom stereocenters. The molecule has 3 aromatic carbocycles. The van der Waals surface area contributed by atoms with Crippen LogP contribution in [0.25, 0.3) is 0 Å². The van der Waals surface area contributed by atoms with E-state index in [1.165, 1.54) is 49.5 Å². The van der Waals surface area contributed by atoms with E-state index in [1.807, 2.05) is 44.2 Å². The zero-order valence-electron chi connectivity index (χ0n) is 23.8. The molecule has 0 heterocycles. The highest BCUT2D eigenvalue weighted by molar-refractivity contribution is 7.92. The molecular weight excluding hydrogens is 549 g/mol. The summed E-state index contributed by atoms with van der Waals surface area (Å²) in [6.07, 6.45) is 0.701. The number of hydrogen-bond donors (Lipinski definition) is 1. The van der Waals surface area contributed by atoms with Crippen LogP contribution < -0.4 is 19.1 Å². The Balaban J connectivity index is 2.05. The SMILES string of the molecule is CC[C@@H](C)NC(=O)[C@H](C)N(Cc1ccccc1)C(=O)CN(c1ccc(F)cc1)S(=O)(=O)c1ccc(OC)c(OC)c1. The van der Waals surface area contributed by atoms with Crippen LogP contribution in [0.5, 0.6) is 11.5 Å². The Morgan fingerprint density at radius 3 is 2.15 bits per heavy atom. The molecule has 0 radical (unpaired) electrons. The van der Waals surface area contributed by atoms with E-state index < -0.39 is 34.3 Å². The van der Waals surface area contributed by atoms with Crippen LogP contribution in [0.3, 0.4) is 0 Å². The van der Waals surface area contributed by atoms with E-state index in [1.54, 1.807) is 6.92 Å². The second kappa shape index (κ2) is 14.0. The molecule has 3 aromatic rings. The second-order valence-electron chi connectivity index (χ2n) is 9.51. The van der Waals surface area contributed by atoms with Gasteiger partial charge in [0.05, 0.1) is 24.8 Å². The predicted molar refractivity (Wildman–Crippen MR) is 155 cm³/mol. The number of benzene rings is 3. The smallest absolute Gasteiger partial charge is 0.264 e. The number of nitrogens with one attached hydrogen (secondary N) is 1. The molecule has 0 aliphatic rings. The number of ether oxygens (including phenoxy) is 2. The third-order valence-corrected chi connectivity index (χ3v) is 8.47. The lowest BCUT2D eigenvalue weighted by Crippen LogP contribution is -2.52. The van der Waals surface area contributed by atoms with Crippen LogP contribution in [0.4, 0.5) is 10.1 Å². The van der Waals surface area contributed by atoms with Crippen molar-refractivity contribution in [1.29, 1.82) is 0 Å². The quantitative estimate of drug-likeness (QED) is 0.320. The number of amides is 2. The lowest BCUT2D eigenvalue weighted by atomic mass is 10.1. The molecule has 0 fully saturated rings. The number of halogens is 1. The highest BCUT2D eigenvalue weighted by atomic mass is 32.2. The number of carbonyl (C=O) groups is 2. The number of carbonyl (C=O) groups excluding carboxylic acids is 2. The standard InChI is InChI=1S/C30H36FN3O6S/c1-6-21(2)32-30(36)22(3)33(19-23-10-8-7-9-11-23)29(35)20-34(25-14-12-24(31)13-15-25)41(37,38)26-16-17-27(39-4)28(18-26)40-5/h7-18,21-22H,6,19-20H2,1-5H3,(H,32,36)/t21-,22+/m1/s1. The van der Waals surface area contributed by atoms with Gasteiger partial charge in [0.25, 0.3) is 10.0 Å². The van der Waals surface area contributed by atoms with Crippen LogP contribution >= 0.6 is 0 Å². The predicted octanol–water partition coefficient (Wildman–Crippen LogP) is 4.37. The Kier molecular flexibility index (Phi) is 10.7. The van der Waals surface area contributed by atoms with Crippen LogP contribution in [-0.2, 0) is 26.2 Å². The maximum atomic E-state index is 14.0. The van der Waals surface area contributed by atoms with Gasteiger partial charge in [-0.15, -0.1) is 0 Å². The van der Waals surface area contributed by atoms with Gasteiger partial charge in [0.15, 0.2) is 11.5 Å². The molecule has 0 aliphatic heterocycles. The van der Waals surface area contributed by atoms with Crippen molar-refractivity contribution in [1.82, 2.24) is 10.2 Å². The molecule has 2 amide bonds. The molecule has 3 rings (SSSR count). The molecule has 9 nitrogen and oxygen atoms in total. The zero-order chi connectivity index (χ0) is 30.2. The fourth-order valence-electron chi connectivity index (χ4n) is 4.07. The van der Waals surface area contributed by atoms with Gasteiger partial charge in [-0.1, -0.05) is 37.3 Å². The summed E-state index contributed by atoms with van der Waals surface area (Å²) in [5.74, 6) is -1.04. The van der Waals surface area contributed by atoms with Gasteiger partial charge < -0.3 is 19.7 Å². The van der Waals surface area contributed by atoms with E-state index in [-0.39, 0.29) is 34.8 Å². The number of nitrogens with zero attached hydrogens (tertiary/aromatic N) is 2. The minimum atomic E-state index is -4.37. The largest absolute Gasteiger partial charge is 0.493 e. The zero-order valence-corrected chi connectivity index (χ0v) is 24.7.